The van der Waals surface area contributed by atoms with E-state index in [1.807, 2.05) is 0 Å². The molecule has 0 spiro atoms. The van der Waals surface area contributed by atoms with Crippen molar-refractivity contribution in [2.24, 2.45) is 10.8 Å². The Morgan fingerprint density at radius 3 is 1.79 bits per heavy atom. The first-order valence-corrected chi connectivity index (χ1v) is 5.82. The van der Waals surface area contributed by atoms with Crippen molar-refractivity contribution in [3.8, 4) is 0 Å². The van der Waals surface area contributed by atoms with E-state index < -0.39 is 0 Å². The predicted octanol–water partition coefficient (Wildman–Crippen LogP) is 5.20. The van der Waals surface area contributed by atoms with Crippen LogP contribution in [0.1, 0.15) is 67.7 Å². The van der Waals surface area contributed by atoms with Crippen LogP contribution >= 0.6 is 0 Å². The number of hydrogen-bond acceptors (Lipinski definition) is 0. The van der Waals surface area contributed by atoms with Crippen LogP contribution in [-0.2, 0) is 0 Å². The molecule has 0 radical (unpaired) electrons. The minimum absolute atomic E-state index is 0.354. The van der Waals surface area contributed by atoms with Crippen LogP contribution in [0.5, 0.6) is 0 Å². The summed E-state index contributed by atoms with van der Waals surface area (Å²) in [5.41, 5.74) is 2.44. The van der Waals surface area contributed by atoms with E-state index in [-0.39, 0.29) is 0 Å². The third-order valence-electron chi connectivity index (χ3n) is 2.68. The zero-order valence-electron chi connectivity index (χ0n) is 11.2. The van der Waals surface area contributed by atoms with Gasteiger partial charge in [-0.2, -0.15) is 0 Å². The smallest absolute Gasteiger partial charge is 0.0173 e. The van der Waals surface area contributed by atoms with Gasteiger partial charge in [0.2, 0.25) is 0 Å². The fourth-order valence-electron chi connectivity index (χ4n) is 1.76. The quantitative estimate of drug-likeness (QED) is 0.545. The van der Waals surface area contributed by atoms with Crippen LogP contribution in [0.25, 0.3) is 0 Å². The molecular weight excluding hydrogens is 168 g/mol. The first-order chi connectivity index (χ1) is 6.17. The van der Waals surface area contributed by atoms with Gasteiger partial charge in [-0.15, -0.1) is 0 Å². The summed E-state index contributed by atoms with van der Waals surface area (Å²) in [5.74, 6) is 0. The van der Waals surface area contributed by atoms with E-state index >= 15 is 0 Å². The Morgan fingerprint density at radius 1 is 1.00 bits per heavy atom. The van der Waals surface area contributed by atoms with Gasteiger partial charge in [-0.05, 0) is 37.0 Å². The summed E-state index contributed by atoms with van der Waals surface area (Å²) in [5, 5.41) is 0. The van der Waals surface area contributed by atoms with Gasteiger partial charge in [-0.3, -0.25) is 0 Å². The van der Waals surface area contributed by atoms with Gasteiger partial charge < -0.3 is 0 Å². The van der Waals surface area contributed by atoms with E-state index in [2.05, 4.69) is 54.5 Å². The molecule has 0 aliphatic rings. The monoisotopic (exact) mass is 196 g/mol. The number of rotatable bonds is 3. The third kappa shape index (κ3) is 6.23. The maximum absolute atomic E-state index is 2.32. The van der Waals surface area contributed by atoms with Crippen LogP contribution in [0.2, 0.25) is 0 Å². The van der Waals surface area contributed by atoms with E-state index in [1.54, 1.807) is 5.57 Å². The zero-order valence-corrected chi connectivity index (χ0v) is 11.2. The maximum Gasteiger partial charge on any atom is -0.0173 e. The molecule has 0 aromatic rings. The first-order valence-electron chi connectivity index (χ1n) is 5.82. The molecule has 0 aromatic carbocycles. The summed E-state index contributed by atoms with van der Waals surface area (Å²) < 4.78 is 0. The minimum atomic E-state index is 0.354. The summed E-state index contributed by atoms with van der Waals surface area (Å²) in [7, 11) is 0. The van der Waals surface area contributed by atoms with Gasteiger partial charge in [0.1, 0.15) is 0 Å². The van der Waals surface area contributed by atoms with Gasteiger partial charge in [0.05, 0.1) is 0 Å². The van der Waals surface area contributed by atoms with E-state index in [0.717, 1.165) is 0 Å². The van der Waals surface area contributed by atoms with Crippen LogP contribution in [0.15, 0.2) is 11.6 Å². The van der Waals surface area contributed by atoms with Gasteiger partial charge in [0, 0.05) is 0 Å². The average Bonchev–Trinajstić information content (AvgIpc) is 1.93. The molecule has 0 saturated carbocycles. The van der Waals surface area contributed by atoms with Gasteiger partial charge in [-0.25, -0.2) is 0 Å². The number of allylic oxidation sites excluding steroid dienone is 2. The average molecular weight is 196 g/mol. The Morgan fingerprint density at radius 2 is 1.50 bits per heavy atom. The van der Waals surface area contributed by atoms with Crippen molar-refractivity contribution in [2.75, 3.05) is 0 Å². The molecule has 0 fully saturated rings. The molecule has 0 bridgehead atoms. The molecular formula is C14H28. The highest BCUT2D eigenvalue weighted by Crippen LogP contribution is 2.31. The van der Waals surface area contributed by atoms with Crippen molar-refractivity contribution < 1.29 is 0 Å². The maximum atomic E-state index is 2.32. The van der Waals surface area contributed by atoms with Crippen molar-refractivity contribution in [3.63, 3.8) is 0 Å². The van der Waals surface area contributed by atoms with Gasteiger partial charge >= 0.3 is 0 Å². The molecule has 0 heteroatoms. The minimum Gasteiger partial charge on any atom is -0.0879 e. The van der Waals surface area contributed by atoms with Gasteiger partial charge in [0.25, 0.3) is 0 Å². The van der Waals surface area contributed by atoms with Crippen molar-refractivity contribution in [2.45, 2.75) is 67.7 Å². The zero-order chi connectivity index (χ0) is 11.4. The van der Waals surface area contributed by atoms with E-state index in [0.29, 0.717) is 10.8 Å². The second kappa shape index (κ2) is 5.00. The highest BCUT2D eigenvalue weighted by atomic mass is 14.2. The summed E-state index contributed by atoms with van der Waals surface area (Å²) in [4.78, 5) is 0. The predicted molar refractivity (Wildman–Crippen MR) is 66.5 cm³/mol. The molecule has 14 heavy (non-hydrogen) atoms. The van der Waals surface area contributed by atoms with Crippen molar-refractivity contribution in [1.82, 2.24) is 0 Å². The Kier molecular flexibility index (Phi) is 4.91. The van der Waals surface area contributed by atoms with Crippen molar-refractivity contribution >= 4 is 0 Å². The van der Waals surface area contributed by atoms with Crippen molar-refractivity contribution in [3.05, 3.63) is 11.6 Å². The molecule has 0 rings (SSSR count). The molecule has 0 atom stereocenters. The van der Waals surface area contributed by atoms with E-state index in [1.165, 1.54) is 19.3 Å². The molecule has 0 unspecified atom stereocenters. The first kappa shape index (κ1) is 13.7. The molecule has 0 aromatic heterocycles. The third-order valence-corrected chi connectivity index (χ3v) is 2.68. The Balaban J connectivity index is 4.01. The molecule has 0 aliphatic carbocycles. The standard InChI is InChI=1S/C14H28/c1-8-12(14(5,6)7)10-9-11-13(2,3)4/h8H,9-11H2,1-7H3/b12-8+. The highest BCUT2D eigenvalue weighted by Gasteiger charge is 2.17. The topological polar surface area (TPSA) is 0 Å². The molecule has 0 N–H and O–H groups in total. The SMILES string of the molecule is C/C=C(\CCCC(C)(C)C)C(C)(C)C. The molecule has 0 nitrogen and oxygen atoms in total. The van der Waals surface area contributed by atoms with Crippen LogP contribution in [0.3, 0.4) is 0 Å². The van der Waals surface area contributed by atoms with Gasteiger partial charge in [0.15, 0.2) is 0 Å². The van der Waals surface area contributed by atoms with E-state index in [4.69, 9.17) is 0 Å². The molecule has 0 amide bonds. The van der Waals surface area contributed by atoms with Crippen LogP contribution < -0.4 is 0 Å². The molecule has 0 saturated heterocycles. The lowest BCUT2D eigenvalue weighted by molar-refractivity contribution is 0.357. The lowest BCUT2D eigenvalue weighted by atomic mass is 9.81. The summed E-state index contributed by atoms with van der Waals surface area (Å²) >= 11 is 0. The highest BCUT2D eigenvalue weighted by molar-refractivity contribution is 5.09. The lowest BCUT2D eigenvalue weighted by Gasteiger charge is -2.25. The summed E-state index contributed by atoms with van der Waals surface area (Å²) in [6.07, 6.45) is 6.20. The number of hydrogen-bond donors (Lipinski definition) is 0. The Labute approximate surface area is 90.8 Å². The second-order valence-electron chi connectivity index (χ2n) is 6.48. The summed E-state index contributed by atoms with van der Waals surface area (Å²) in [6.45, 7) is 16.0. The van der Waals surface area contributed by atoms with Crippen LogP contribution in [0, 0.1) is 10.8 Å². The largest absolute Gasteiger partial charge is 0.0879 e. The van der Waals surface area contributed by atoms with Crippen molar-refractivity contribution in [1.29, 1.82) is 0 Å². The van der Waals surface area contributed by atoms with Gasteiger partial charge in [-0.1, -0.05) is 53.2 Å². The van der Waals surface area contributed by atoms with Crippen LogP contribution in [0.4, 0.5) is 0 Å². The molecule has 0 aliphatic heterocycles. The Hall–Kier alpha value is -0.260. The normalized spacial score (nSPS) is 14.6. The van der Waals surface area contributed by atoms with E-state index in [9.17, 15) is 0 Å². The second-order valence-corrected chi connectivity index (χ2v) is 6.48. The summed E-state index contributed by atoms with van der Waals surface area (Å²) in [6, 6.07) is 0. The molecule has 84 valence electrons. The fraction of sp³-hybridized carbons (Fsp3) is 0.857. The van der Waals surface area contributed by atoms with Crippen LogP contribution in [-0.4, -0.2) is 0 Å². The Bertz CT molecular complexity index is 183. The molecule has 0 heterocycles. The fourth-order valence-corrected chi connectivity index (χ4v) is 1.76. The lowest BCUT2D eigenvalue weighted by Crippen LogP contribution is -2.11.